The van der Waals surface area contributed by atoms with E-state index in [9.17, 15) is 19.8 Å². The monoisotopic (exact) mass is 435 g/mol. The molecule has 0 aromatic rings. The highest BCUT2D eigenvalue weighted by Gasteiger charge is 2.23. The summed E-state index contributed by atoms with van der Waals surface area (Å²) in [5.41, 5.74) is 0.963. The third-order valence-electron chi connectivity index (χ3n) is 4.79. The fraction of sp³-hybridized carbons (Fsp3) is 0.583. The van der Waals surface area contributed by atoms with Crippen molar-refractivity contribution in [1.29, 1.82) is 0 Å². The van der Waals surface area contributed by atoms with E-state index in [0.717, 1.165) is 18.4 Å². The van der Waals surface area contributed by atoms with Gasteiger partial charge in [-0.15, -0.1) is 12.3 Å². The number of hydroxylamine groups is 2. The predicted molar refractivity (Wildman–Crippen MR) is 121 cm³/mol. The SMILES string of the molecule is C#CC.CON(C)C(=O)CC1CC/C=C/CC(C)OC(=O)/C(=C(/C)O)C/C(=C\CO)C1. The first-order chi connectivity index (χ1) is 14.7. The lowest BCUT2D eigenvalue weighted by Gasteiger charge is -2.21. The molecule has 1 rings (SSSR count). The fourth-order valence-corrected chi connectivity index (χ4v) is 3.10. The van der Waals surface area contributed by atoms with Crippen LogP contribution in [0.3, 0.4) is 0 Å². The molecular formula is C24H37NO6. The number of terminal acetylenes is 1. The first-order valence-corrected chi connectivity index (χ1v) is 10.4. The second-order valence-electron chi connectivity index (χ2n) is 7.42. The molecule has 0 aliphatic carbocycles. The van der Waals surface area contributed by atoms with Crippen LogP contribution >= 0.6 is 0 Å². The van der Waals surface area contributed by atoms with E-state index in [-0.39, 0.29) is 42.3 Å². The molecule has 1 aliphatic heterocycles. The molecule has 0 radical (unpaired) electrons. The summed E-state index contributed by atoms with van der Waals surface area (Å²) in [6.45, 7) is 4.72. The molecular weight excluding hydrogens is 398 g/mol. The van der Waals surface area contributed by atoms with Gasteiger partial charge in [-0.1, -0.05) is 23.8 Å². The van der Waals surface area contributed by atoms with E-state index >= 15 is 0 Å². The van der Waals surface area contributed by atoms with Crippen LogP contribution in [0.25, 0.3) is 0 Å². The van der Waals surface area contributed by atoms with Gasteiger partial charge >= 0.3 is 5.97 Å². The van der Waals surface area contributed by atoms with E-state index in [1.807, 2.05) is 12.2 Å². The van der Waals surface area contributed by atoms with E-state index in [1.54, 1.807) is 27.0 Å². The number of aliphatic hydroxyl groups is 2. The van der Waals surface area contributed by atoms with Crippen LogP contribution in [0.2, 0.25) is 0 Å². The van der Waals surface area contributed by atoms with Crippen LogP contribution in [-0.2, 0) is 19.2 Å². The van der Waals surface area contributed by atoms with Crippen LogP contribution in [0.1, 0.15) is 59.3 Å². The van der Waals surface area contributed by atoms with E-state index in [0.29, 0.717) is 19.3 Å². The largest absolute Gasteiger partial charge is 0.512 e. The van der Waals surface area contributed by atoms with Gasteiger partial charge in [0.2, 0.25) is 5.91 Å². The summed E-state index contributed by atoms with van der Waals surface area (Å²) >= 11 is 0. The number of carbonyl (C=O) groups is 2. The van der Waals surface area contributed by atoms with Gasteiger partial charge in [0, 0.05) is 26.3 Å². The lowest BCUT2D eigenvalue weighted by molar-refractivity contribution is -0.169. The highest BCUT2D eigenvalue weighted by molar-refractivity contribution is 5.89. The number of allylic oxidation sites excluding steroid dienone is 3. The Kier molecular flexibility index (Phi) is 14.8. The average molecular weight is 436 g/mol. The maximum atomic E-state index is 12.5. The van der Waals surface area contributed by atoms with Crippen molar-refractivity contribution in [3.8, 4) is 12.3 Å². The second kappa shape index (κ2) is 16.2. The van der Waals surface area contributed by atoms with Crippen LogP contribution < -0.4 is 0 Å². The van der Waals surface area contributed by atoms with Gasteiger partial charge in [-0.3, -0.25) is 9.63 Å². The van der Waals surface area contributed by atoms with Gasteiger partial charge in [-0.25, -0.2) is 9.86 Å². The van der Waals surface area contributed by atoms with Crippen LogP contribution in [0.5, 0.6) is 0 Å². The Balaban J connectivity index is 0.00000282. The van der Waals surface area contributed by atoms with Crippen molar-refractivity contribution in [2.45, 2.75) is 65.4 Å². The van der Waals surface area contributed by atoms with Crippen LogP contribution in [-0.4, -0.2) is 54.0 Å². The Morgan fingerprint density at radius 1 is 1.45 bits per heavy atom. The van der Waals surface area contributed by atoms with Crippen molar-refractivity contribution in [3.63, 3.8) is 0 Å². The van der Waals surface area contributed by atoms with Crippen molar-refractivity contribution >= 4 is 11.9 Å². The van der Waals surface area contributed by atoms with Gasteiger partial charge in [0.25, 0.3) is 0 Å². The molecule has 2 N–H and O–H groups in total. The van der Waals surface area contributed by atoms with Gasteiger partial charge in [0.15, 0.2) is 0 Å². The first kappa shape index (κ1) is 28.4. The zero-order chi connectivity index (χ0) is 23.8. The molecule has 7 nitrogen and oxygen atoms in total. The molecule has 7 heteroatoms. The molecule has 174 valence electrons. The number of rotatable bonds is 4. The normalized spacial score (nSPS) is 24.2. The quantitative estimate of drug-likeness (QED) is 0.174. The maximum Gasteiger partial charge on any atom is 0.338 e. The van der Waals surface area contributed by atoms with E-state index < -0.39 is 5.97 Å². The number of ether oxygens (including phenoxy) is 1. The number of amides is 1. The van der Waals surface area contributed by atoms with Crippen molar-refractivity contribution in [2.75, 3.05) is 20.8 Å². The summed E-state index contributed by atoms with van der Waals surface area (Å²) in [5, 5.41) is 20.6. The maximum absolute atomic E-state index is 12.5. The summed E-state index contributed by atoms with van der Waals surface area (Å²) in [6, 6.07) is 0. The smallest absolute Gasteiger partial charge is 0.338 e. The minimum atomic E-state index is -0.560. The Bertz CT molecular complexity index is 697. The van der Waals surface area contributed by atoms with Gasteiger partial charge < -0.3 is 14.9 Å². The molecule has 0 bridgehead atoms. The molecule has 0 saturated carbocycles. The summed E-state index contributed by atoms with van der Waals surface area (Å²) in [5.74, 6) is 1.47. The van der Waals surface area contributed by atoms with Crippen molar-refractivity contribution in [3.05, 3.63) is 35.1 Å². The number of hydrogen-bond acceptors (Lipinski definition) is 6. The zero-order valence-electron chi connectivity index (χ0n) is 19.4. The van der Waals surface area contributed by atoms with Gasteiger partial charge in [-0.05, 0) is 46.0 Å². The highest BCUT2D eigenvalue weighted by atomic mass is 16.7. The van der Waals surface area contributed by atoms with Crippen LogP contribution in [0.4, 0.5) is 0 Å². The topological polar surface area (TPSA) is 96.3 Å². The Morgan fingerprint density at radius 2 is 2.10 bits per heavy atom. The molecule has 0 fully saturated rings. The Labute approximate surface area is 186 Å². The molecule has 2 unspecified atom stereocenters. The fourth-order valence-electron chi connectivity index (χ4n) is 3.10. The summed E-state index contributed by atoms with van der Waals surface area (Å²) in [7, 11) is 3.01. The standard InChI is InChI=1S/C21H33NO6.C3H4/c1-15-8-6-5-7-9-17(14-20(25)22(3)27-4)12-18(10-11-23)13-19(16(2)24)21(26)28-15;1-3-2/h5-6,10,15,17,23-24H,7-9,11-14H2,1-4H3;1H,2H3/b6-5+,18-10-,19-16-;. The van der Waals surface area contributed by atoms with Crippen LogP contribution in [0.15, 0.2) is 35.1 Å². The molecule has 0 aromatic carbocycles. The summed E-state index contributed by atoms with van der Waals surface area (Å²) < 4.78 is 5.43. The first-order valence-electron chi connectivity index (χ1n) is 10.4. The van der Waals surface area contributed by atoms with Crippen molar-refractivity contribution in [1.82, 2.24) is 5.06 Å². The summed E-state index contributed by atoms with van der Waals surface area (Å²) in [6.07, 6.45) is 13.1. The second-order valence-corrected chi connectivity index (χ2v) is 7.42. The van der Waals surface area contributed by atoms with Crippen molar-refractivity contribution in [2.24, 2.45) is 5.92 Å². The molecule has 1 amide bonds. The third kappa shape index (κ3) is 12.0. The number of aliphatic hydroxyl groups excluding tert-OH is 2. The number of carbonyl (C=O) groups excluding carboxylic acids is 2. The molecule has 1 heterocycles. The molecule has 0 saturated heterocycles. The van der Waals surface area contributed by atoms with E-state index in [2.05, 4.69) is 12.3 Å². The highest BCUT2D eigenvalue weighted by Crippen LogP contribution is 2.28. The molecule has 0 aromatic heterocycles. The molecule has 1 aliphatic rings. The minimum absolute atomic E-state index is 0.0157. The third-order valence-corrected chi connectivity index (χ3v) is 4.79. The van der Waals surface area contributed by atoms with Gasteiger partial charge in [0.05, 0.1) is 25.0 Å². The molecule has 2 atom stereocenters. The van der Waals surface area contributed by atoms with E-state index in [4.69, 9.17) is 9.57 Å². The van der Waals surface area contributed by atoms with Gasteiger partial charge in [0.1, 0.15) is 6.10 Å². The number of esters is 1. The molecule has 0 spiro atoms. The predicted octanol–water partition coefficient (Wildman–Crippen LogP) is 3.85. The van der Waals surface area contributed by atoms with Crippen molar-refractivity contribution < 1.29 is 29.4 Å². The lowest BCUT2D eigenvalue weighted by Crippen LogP contribution is -2.27. The Morgan fingerprint density at radius 3 is 2.65 bits per heavy atom. The molecule has 31 heavy (non-hydrogen) atoms. The number of nitrogens with zero attached hydrogens (tertiary/aromatic N) is 1. The summed E-state index contributed by atoms with van der Waals surface area (Å²) in [4.78, 5) is 29.7. The lowest BCUT2D eigenvalue weighted by atomic mass is 9.88. The van der Waals surface area contributed by atoms with E-state index in [1.165, 1.54) is 19.1 Å². The Hall–Kier alpha value is -2.56. The minimum Gasteiger partial charge on any atom is -0.512 e. The van der Waals surface area contributed by atoms with Crippen LogP contribution in [0, 0.1) is 18.3 Å². The average Bonchev–Trinajstić information content (AvgIpc) is 2.71. The van der Waals surface area contributed by atoms with Gasteiger partial charge in [-0.2, -0.15) is 0 Å². The zero-order valence-corrected chi connectivity index (χ0v) is 19.4. The number of hydrogen-bond donors (Lipinski definition) is 2. The number of cyclic esters (lactones) is 1.